The summed E-state index contributed by atoms with van der Waals surface area (Å²) in [6, 6.07) is 7.20. The molecule has 2 rings (SSSR count). The van der Waals surface area contributed by atoms with Crippen LogP contribution >= 0.6 is 11.6 Å². The lowest BCUT2D eigenvalue weighted by molar-refractivity contribution is 0.240. The zero-order valence-corrected chi connectivity index (χ0v) is 12.0. The van der Waals surface area contributed by atoms with Gasteiger partial charge < -0.3 is 15.2 Å². The third-order valence-electron chi connectivity index (χ3n) is 2.93. The Labute approximate surface area is 123 Å². The summed E-state index contributed by atoms with van der Waals surface area (Å²) in [7, 11) is 0. The van der Waals surface area contributed by atoms with Crippen molar-refractivity contribution in [3.05, 3.63) is 53.1 Å². The summed E-state index contributed by atoms with van der Waals surface area (Å²) in [6.07, 6.45) is 3.64. The topological polar surface area (TPSA) is 59.0 Å². The van der Waals surface area contributed by atoms with Crippen LogP contribution in [0.15, 0.2) is 36.7 Å². The minimum atomic E-state index is -0.183. The molecule has 5 nitrogen and oxygen atoms in total. The molecule has 1 aromatic heterocycles. The number of hydrogen-bond acceptors (Lipinski definition) is 2. The molecular weight excluding hydrogens is 276 g/mol. The number of urea groups is 1. The average molecular weight is 293 g/mol. The SMILES string of the molecule is Cc1nccn1CCNC(=O)NCc1ccc(Cl)cc1. The van der Waals surface area contributed by atoms with Crippen molar-refractivity contribution < 1.29 is 4.79 Å². The first-order valence-electron chi connectivity index (χ1n) is 6.39. The van der Waals surface area contributed by atoms with Crippen molar-refractivity contribution in [3.8, 4) is 0 Å². The number of halogens is 1. The Balaban J connectivity index is 1.68. The second-order valence-corrected chi connectivity index (χ2v) is 4.84. The maximum absolute atomic E-state index is 11.6. The molecule has 0 spiro atoms. The Morgan fingerprint density at radius 3 is 2.70 bits per heavy atom. The van der Waals surface area contributed by atoms with Crippen LogP contribution in [0.2, 0.25) is 5.02 Å². The molecule has 0 atom stereocenters. The summed E-state index contributed by atoms with van der Waals surface area (Å²) in [5.41, 5.74) is 1.01. The Hall–Kier alpha value is -2.01. The molecular formula is C14H17ClN4O. The predicted molar refractivity (Wildman–Crippen MR) is 78.7 cm³/mol. The minimum Gasteiger partial charge on any atom is -0.336 e. The fraction of sp³-hybridized carbons (Fsp3) is 0.286. The van der Waals surface area contributed by atoms with E-state index in [2.05, 4.69) is 15.6 Å². The van der Waals surface area contributed by atoms with Gasteiger partial charge in [-0.3, -0.25) is 0 Å². The van der Waals surface area contributed by atoms with Crippen molar-refractivity contribution in [2.24, 2.45) is 0 Å². The van der Waals surface area contributed by atoms with Crippen LogP contribution in [-0.2, 0) is 13.1 Å². The summed E-state index contributed by atoms with van der Waals surface area (Å²) < 4.78 is 1.99. The third kappa shape index (κ3) is 4.28. The Bertz CT molecular complexity index is 565. The summed E-state index contributed by atoms with van der Waals surface area (Å²) in [4.78, 5) is 15.7. The molecule has 0 aliphatic carbocycles. The van der Waals surface area contributed by atoms with Crippen molar-refractivity contribution in [3.63, 3.8) is 0 Å². The maximum Gasteiger partial charge on any atom is 0.315 e. The normalized spacial score (nSPS) is 10.3. The van der Waals surface area contributed by atoms with E-state index < -0.39 is 0 Å². The fourth-order valence-electron chi connectivity index (χ4n) is 1.78. The molecule has 0 aliphatic rings. The summed E-state index contributed by atoms with van der Waals surface area (Å²) >= 11 is 5.80. The quantitative estimate of drug-likeness (QED) is 0.889. The summed E-state index contributed by atoms with van der Waals surface area (Å²) in [5.74, 6) is 0.938. The molecule has 0 saturated heterocycles. The van der Waals surface area contributed by atoms with Crippen LogP contribution in [-0.4, -0.2) is 22.1 Å². The molecule has 0 bridgehead atoms. The second kappa shape index (κ2) is 6.96. The molecule has 2 N–H and O–H groups in total. The number of aryl methyl sites for hydroxylation is 1. The standard InChI is InChI=1S/C14H17ClN4O/c1-11-16-6-8-19(11)9-7-17-14(20)18-10-12-2-4-13(15)5-3-12/h2-6,8H,7,9-10H2,1H3,(H2,17,18,20). The molecule has 0 unspecified atom stereocenters. The predicted octanol–water partition coefficient (Wildman–Crippen LogP) is 2.34. The number of imidazole rings is 1. The van der Waals surface area contributed by atoms with Gasteiger partial charge in [-0.1, -0.05) is 23.7 Å². The molecule has 20 heavy (non-hydrogen) atoms. The van der Waals surface area contributed by atoms with E-state index in [1.54, 1.807) is 18.3 Å². The first-order chi connectivity index (χ1) is 9.65. The van der Waals surface area contributed by atoms with Crippen LogP contribution in [0.4, 0.5) is 4.79 Å². The van der Waals surface area contributed by atoms with E-state index in [4.69, 9.17) is 11.6 Å². The first-order valence-corrected chi connectivity index (χ1v) is 6.77. The summed E-state index contributed by atoms with van der Waals surface area (Å²) in [5, 5.41) is 6.29. The Morgan fingerprint density at radius 1 is 1.30 bits per heavy atom. The van der Waals surface area contributed by atoms with Crippen molar-refractivity contribution in [1.29, 1.82) is 0 Å². The molecule has 0 saturated carbocycles. The lowest BCUT2D eigenvalue weighted by Crippen LogP contribution is -2.36. The molecule has 0 fully saturated rings. The number of nitrogens with zero attached hydrogens (tertiary/aromatic N) is 2. The zero-order chi connectivity index (χ0) is 14.4. The smallest absolute Gasteiger partial charge is 0.315 e. The van der Waals surface area contributed by atoms with Gasteiger partial charge in [-0.2, -0.15) is 0 Å². The van der Waals surface area contributed by atoms with Gasteiger partial charge in [0, 0.05) is 37.1 Å². The fourth-order valence-corrected chi connectivity index (χ4v) is 1.90. The number of amides is 2. The van der Waals surface area contributed by atoms with Crippen molar-refractivity contribution in [1.82, 2.24) is 20.2 Å². The van der Waals surface area contributed by atoms with E-state index in [-0.39, 0.29) is 6.03 Å². The molecule has 106 valence electrons. The molecule has 0 aliphatic heterocycles. The number of aromatic nitrogens is 2. The summed E-state index contributed by atoms with van der Waals surface area (Å²) in [6.45, 7) is 3.68. The van der Waals surface area contributed by atoms with Crippen molar-refractivity contribution in [2.75, 3.05) is 6.54 Å². The van der Waals surface area contributed by atoms with Gasteiger partial charge in [-0.25, -0.2) is 9.78 Å². The number of hydrogen-bond donors (Lipinski definition) is 2. The van der Waals surface area contributed by atoms with Crippen LogP contribution in [0.5, 0.6) is 0 Å². The molecule has 0 radical (unpaired) electrons. The zero-order valence-electron chi connectivity index (χ0n) is 11.3. The van der Waals surface area contributed by atoms with E-state index in [0.717, 1.165) is 11.4 Å². The van der Waals surface area contributed by atoms with Gasteiger partial charge in [-0.05, 0) is 24.6 Å². The average Bonchev–Trinajstić information content (AvgIpc) is 2.84. The maximum atomic E-state index is 11.6. The number of rotatable bonds is 5. The molecule has 2 amide bonds. The highest BCUT2D eigenvalue weighted by molar-refractivity contribution is 6.30. The van der Waals surface area contributed by atoms with E-state index >= 15 is 0 Å². The van der Waals surface area contributed by atoms with Gasteiger partial charge in [-0.15, -0.1) is 0 Å². The van der Waals surface area contributed by atoms with Gasteiger partial charge in [0.2, 0.25) is 0 Å². The number of benzene rings is 1. The molecule has 2 aromatic rings. The first kappa shape index (κ1) is 14.4. The van der Waals surface area contributed by atoms with E-state index in [0.29, 0.717) is 24.7 Å². The van der Waals surface area contributed by atoms with Crippen LogP contribution in [0, 0.1) is 6.92 Å². The molecule has 1 aromatic carbocycles. The number of carbonyl (C=O) groups excluding carboxylic acids is 1. The van der Waals surface area contributed by atoms with Gasteiger partial charge in [0.1, 0.15) is 5.82 Å². The molecule has 1 heterocycles. The highest BCUT2D eigenvalue weighted by Gasteiger charge is 2.01. The number of carbonyl (C=O) groups is 1. The van der Waals surface area contributed by atoms with E-state index in [1.165, 1.54) is 0 Å². The van der Waals surface area contributed by atoms with Crippen LogP contribution in [0.3, 0.4) is 0 Å². The van der Waals surface area contributed by atoms with Gasteiger partial charge in [0.05, 0.1) is 0 Å². The van der Waals surface area contributed by atoms with Gasteiger partial charge >= 0.3 is 6.03 Å². The second-order valence-electron chi connectivity index (χ2n) is 4.40. The largest absolute Gasteiger partial charge is 0.336 e. The van der Waals surface area contributed by atoms with E-state index in [1.807, 2.05) is 29.8 Å². The highest BCUT2D eigenvalue weighted by atomic mass is 35.5. The Morgan fingerprint density at radius 2 is 2.05 bits per heavy atom. The third-order valence-corrected chi connectivity index (χ3v) is 3.18. The highest BCUT2D eigenvalue weighted by Crippen LogP contribution is 2.08. The monoisotopic (exact) mass is 292 g/mol. The van der Waals surface area contributed by atoms with Gasteiger partial charge in [0.25, 0.3) is 0 Å². The van der Waals surface area contributed by atoms with Crippen LogP contribution < -0.4 is 10.6 Å². The van der Waals surface area contributed by atoms with Crippen molar-refractivity contribution in [2.45, 2.75) is 20.0 Å². The van der Waals surface area contributed by atoms with Crippen LogP contribution in [0.25, 0.3) is 0 Å². The molecule has 6 heteroatoms. The Kier molecular flexibility index (Phi) is 5.01. The van der Waals surface area contributed by atoms with Crippen molar-refractivity contribution >= 4 is 17.6 Å². The van der Waals surface area contributed by atoms with Crippen LogP contribution in [0.1, 0.15) is 11.4 Å². The lowest BCUT2D eigenvalue weighted by Gasteiger charge is -2.09. The number of nitrogens with one attached hydrogen (secondary N) is 2. The van der Waals surface area contributed by atoms with Gasteiger partial charge in [0.15, 0.2) is 0 Å². The lowest BCUT2D eigenvalue weighted by atomic mass is 10.2. The minimum absolute atomic E-state index is 0.183. The van der Waals surface area contributed by atoms with E-state index in [9.17, 15) is 4.79 Å².